The van der Waals surface area contributed by atoms with Gasteiger partial charge in [0.05, 0.1) is 11.4 Å². The molecule has 0 aliphatic carbocycles. The van der Waals surface area contributed by atoms with Gasteiger partial charge in [-0.05, 0) is 31.2 Å². The summed E-state index contributed by atoms with van der Waals surface area (Å²) in [4.78, 5) is 4.83. The molecule has 0 aliphatic rings. The number of benzene rings is 2. The molecule has 26 heavy (non-hydrogen) atoms. The fourth-order valence-corrected chi connectivity index (χ4v) is 3.58. The summed E-state index contributed by atoms with van der Waals surface area (Å²) in [5, 5.41) is 5.59. The summed E-state index contributed by atoms with van der Waals surface area (Å²) in [5.41, 5.74) is 5.13. The molecule has 0 amide bonds. The van der Waals surface area contributed by atoms with Gasteiger partial charge in [0.1, 0.15) is 6.26 Å². The van der Waals surface area contributed by atoms with E-state index >= 15 is 0 Å². The molecule has 4 aromatic rings. The molecule has 4 nitrogen and oxygen atoms in total. The zero-order valence-electron chi connectivity index (χ0n) is 14.1. The highest BCUT2D eigenvalue weighted by Crippen LogP contribution is 2.29. The molecular weight excluding hydrogens is 366 g/mol. The molecule has 2 aromatic heterocycles. The van der Waals surface area contributed by atoms with Crippen molar-refractivity contribution >= 4 is 23.4 Å². The standard InChI is InChI=1S/C20H16ClN3OS/c1-14-2-8-18(9-3-14)24-12-19(15-4-6-16(21)7-5-15)22-20(24)26-13-17-10-11-25-23-17/h2-12H,13H2,1H3. The second-order valence-corrected chi connectivity index (χ2v) is 7.28. The van der Waals surface area contributed by atoms with Gasteiger partial charge in [-0.2, -0.15) is 0 Å². The first-order valence-corrected chi connectivity index (χ1v) is 9.50. The SMILES string of the molecule is Cc1ccc(-n2cc(-c3ccc(Cl)cc3)nc2SCc2ccon2)cc1. The largest absolute Gasteiger partial charge is 0.364 e. The number of nitrogens with zero attached hydrogens (tertiary/aromatic N) is 3. The Morgan fingerprint density at radius 3 is 2.50 bits per heavy atom. The Morgan fingerprint density at radius 2 is 1.81 bits per heavy atom. The predicted molar refractivity (Wildman–Crippen MR) is 105 cm³/mol. The molecular formula is C20H16ClN3OS. The normalized spacial score (nSPS) is 11.0. The van der Waals surface area contributed by atoms with E-state index in [1.165, 1.54) is 5.56 Å². The number of imidazole rings is 1. The minimum Gasteiger partial charge on any atom is -0.364 e. The summed E-state index contributed by atoms with van der Waals surface area (Å²) < 4.78 is 7.02. The van der Waals surface area contributed by atoms with Gasteiger partial charge in [0.25, 0.3) is 0 Å². The van der Waals surface area contributed by atoms with Crippen molar-refractivity contribution in [2.24, 2.45) is 0 Å². The van der Waals surface area contributed by atoms with Gasteiger partial charge in [0.15, 0.2) is 5.16 Å². The minimum absolute atomic E-state index is 0.694. The zero-order chi connectivity index (χ0) is 17.9. The summed E-state index contributed by atoms with van der Waals surface area (Å²) in [6.07, 6.45) is 3.64. The zero-order valence-corrected chi connectivity index (χ0v) is 15.7. The predicted octanol–water partition coefficient (Wildman–Crippen LogP) is 5.78. The van der Waals surface area contributed by atoms with Gasteiger partial charge in [-0.25, -0.2) is 4.98 Å². The molecule has 0 unspecified atom stereocenters. The molecule has 0 saturated heterocycles. The van der Waals surface area contributed by atoms with Gasteiger partial charge in [-0.1, -0.05) is 58.3 Å². The maximum absolute atomic E-state index is 6.01. The Morgan fingerprint density at radius 1 is 1.04 bits per heavy atom. The summed E-state index contributed by atoms with van der Waals surface area (Å²) in [6, 6.07) is 18.0. The second kappa shape index (κ2) is 7.40. The van der Waals surface area contributed by atoms with E-state index in [0.29, 0.717) is 10.8 Å². The van der Waals surface area contributed by atoms with E-state index < -0.39 is 0 Å². The molecule has 4 rings (SSSR count). The summed E-state index contributed by atoms with van der Waals surface area (Å²) in [7, 11) is 0. The van der Waals surface area contributed by atoms with Crippen molar-refractivity contribution in [3.8, 4) is 16.9 Å². The fraction of sp³-hybridized carbons (Fsp3) is 0.100. The van der Waals surface area contributed by atoms with E-state index in [0.717, 1.165) is 27.8 Å². The molecule has 0 radical (unpaired) electrons. The van der Waals surface area contributed by atoms with E-state index in [4.69, 9.17) is 21.1 Å². The number of rotatable bonds is 5. The summed E-state index contributed by atoms with van der Waals surface area (Å²) in [6.45, 7) is 2.08. The number of hydrogen-bond acceptors (Lipinski definition) is 4. The lowest BCUT2D eigenvalue weighted by atomic mass is 10.2. The van der Waals surface area contributed by atoms with E-state index in [-0.39, 0.29) is 0 Å². The van der Waals surface area contributed by atoms with Crippen LogP contribution in [-0.4, -0.2) is 14.7 Å². The summed E-state index contributed by atoms with van der Waals surface area (Å²) in [5.74, 6) is 0.694. The molecule has 0 atom stereocenters. The topological polar surface area (TPSA) is 43.9 Å². The van der Waals surface area contributed by atoms with Gasteiger partial charge in [0, 0.05) is 34.3 Å². The number of thioether (sulfide) groups is 1. The number of aromatic nitrogens is 3. The van der Waals surface area contributed by atoms with Crippen molar-refractivity contribution in [2.45, 2.75) is 17.8 Å². The average Bonchev–Trinajstić information content (AvgIpc) is 3.31. The molecule has 6 heteroatoms. The number of halogens is 1. The Balaban J connectivity index is 1.71. The van der Waals surface area contributed by atoms with Crippen molar-refractivity contribution in [1.82, 2.24) is 14.7 Å². The van der Waals surface area contributed by atoms with E-state index in [1.807, 2.05) is 30.3 Å². The van der Waals surface area contributed by atoms with Gasteiger partial charge in [-0.15, -0.1) is 0 Å². The molecule has 0 saturated carbocycles. The third kappa shape index (κ3) is 3.69. The highest BCUT2D eigenvalue weighted by molar-refractivity contribution is 7.98. The van der Waals surface area contributed by atoms with Gasteiger partial charge in [0.2, 0.25) is 0 Å². The molecule has 130 valence electrons. The third-order valence-electron chi connectivity index (χ3n) is 3.97. The Hall–Kier alpha value is -2.50. The van der Waals surface area contributed by atoms with Crippen LogP contribution in [0.25, 0.3) is 16.9 Å². The van der Waals surface area contributed by atoms with E-state index in [9.17, 15) is 0 Å². The maximum atomic E-state index is 6.01. The Kier molecular flexibility index (Phi) is 4.82. The van der Waals surface area contributed by atoms with E-state index in [2.05, 4.69) is 47.1 Å². The van der Waals surface area contributed by atoms with Crippen LogP contribution in [0.15, 0.2) is 76.7 Å². The van der Waals surface area contributed by atoms with Crippen LogP contribution in [0.2, 0.25) is 5.02 Å². The maximum Gasteiger partial charge on any atom is 0.173 e. The summed E-state index contributed by atoms with van der Waals surface area (Å²) >= 11 is 7.63. The van der Waals surface area contributed by atoms with Crippen LogP contribution in [0, 0.1) is 6.92 Å². The van der Waals surface area contributed by atoms with Crippen molar-refractivity contribution < 1.29 is 4.52 Å². The van der Waals surface area contributed by atoms with Gasteiger partial charge < -0.3 is 4.52 Å². The lowest BCUT2D eigenvalue weighted by Crippen LogP contribution is -1.95. The number of aryl methyl sites for hydroxylation is 1. The van der Waals surface area contributed by atoms with Crippen molar-refractivity contribution in [3.63, 3.8) is 0 Å². The Labute approximate surface area is 160 Å². The average molecular weight is 382 g/mol. The van der Waals surface area contributed by atoms with Crippen LogP contribution >= 0.6 is 23.4 Å². The molecule has 2 heterocycles. The lowest BCUT2D eigenvalue weighted by molar-refractivity contribution is 0.414. The highest BCUT2D eigenvalue weighted by atomic mass is 35.5. The minimum atomic E-state index is 0.694. The molecule has 0 aliphatic heterocycles. The van der Waals surface area contributed by atoms with Crippen LogP contribution < -0.4 is 0 Å². The quantitative estimate of drug-likeness (QED) is 0.411. The highest BCUT2D eigenvalue weighted by Gasteiger charge is 2.13. The van der Waals surface area contributed by atoms with Crippen LogP contribution in [0.4, 0.5) is 0 Å². The van der Waals surface area contributed by atoms with Crippen molar-refractivity contribution in [2.75, 3.05) is 0 Å². The fourth-order valence-electron chi connectivity index (χ4n) is 2.57. The van der Waals surface area contributed by atoms with Crippen LogP contribution in [0.1, 0.15) is 11.3 Å². The first-order chi connectivity index (χ1) is 12.7. The number of hydrogen-bond donors (Lipinski definition) is 0. The first kappa shape index (κ1) is 16.9. The van der Waals surface area contributed by atoms with Crippen LogP contribution in [0.3, 0.4) is 0 Å². The van der Waals surface area contributed by atoms with Crippen molar-refractivity contribution in [3.05, 3.63) is 83.3 Å². The first-order valence-electron chi connectivity index (χ1n) is 8.13. The van der Waals surface area contributed by atoms with Crippen LogP contribution in [0.5, 0.6) is 0 Å². The molecule has 0 N–H and O–H groups in total. The molecule has 0 fully saturated rings. The van der Waals surface area contributed by atoms with Crippen LogP contribution in [-0.2, 0) is 5.75 Å². The molecule has 0 bridgehead atoms. The monoisotopic (exact) mass is 381 g/mol. The Bertz CT molecular complexity index is 993. The molecule has 2 aromatic carbocycles. The third-order valence-corrected chi connectivity index (χ3v) is 5.20. The van der Waals surface area contributed by atoms with Crippen molar-refractivity contribution in [1.29, 1.82) is 0 Å². The van der Waals surface area contributed by atoms with Gasteiger partial charge in [-0.3, -0.25) is 4.57 Å². The van der Waals surface area contributed by atoms with Gasteiger partial charge >= 0.3 is 0 Å². The lowest BCUT2D eigenvalue weighted by Gasteiger charge is -2.07. The smallest absolute Gasteiger partial charge is 0.173 e. The molecule has 0 spiro atoms. The van der Waals surface area contributed by atoms with E-state index in [1.54, 1.807) is 18.0 Å². The second-order valence-electron chi connectivity index (χ2n) is 5.90.